The summed E-state index contributed by atoms with van der Waals surface area (Å²) < 4.78 is 0. The molecule has 0 spiro atoms. The van der Waals surface area contributed by atoms with E-state index < -0.39 is 0 Å². The summed E-state index contributed by atoms with van der Waals surface area (Å²) in [5.41, 5.74) is 5.84. The molecule has 17 heavy (non-hydrogen) atoms. The summed E-state index contributed by atoms with van der Waals surface area (Å²) in [6.07, 6.45) is 3.24. The molecule has 96 valence electrons. The summed E-state index contributed by atoms with van der Waals surface area (Å²) in [6.45, 7) is 6.64. The highest BCUT2D eigenvalue weighted by atomic mass is 32.1. The molecule has 0 aliphatic rings. The van der Waals surface area contributed by atoms with E-state index >= 15 is 0 Å². The molecule has 0 fully saturated rings. The molecule has 0 aliphatic heterocycles. The van der Waals surface area contributed by atoms with Gasteiger partial charge >= 0.3 is 0 Å². The summed E-state index contributed by atoms with van der Waals surface area (Å²) in [6, 6.07) is -0.0718. The van der Waals surface area contributed by atoms with Crippen LogP contribution in [-0.4, -0.2) is 16.9 Å². The van der Waals surface area contributed by atoms with Gasteiger partial charge in [0, 0.05) is 23.5 Å². The fourth-order valence-corrected chi connectivity index (χ4v) is 2.09. The Kier molecular flexibility index (Phi) is 5.58. The monoisotopic (exact) mass is 255 g/mol. The topological polar surface area (TPSA) is 68.0 Å². The Balaban J connectivity index is 2.33. The Bertz CT molecular complexity index is 362. The van der Waals surface area contributed by atoms with Crippen molar-refractivity contribution in [3.8, 4) is 0 Å². The predicted octanol–water partition coefficient (Wildman–Crippen LogP) is 1.70. The van der Waals surface area contributed by atoms with E-state index in [0.29, 0.717) is 18.9 Å². The average molecular weight is 255 g/mol. The quantitative estimate of drug-likeness (QED) is 0.813. The first-order chi connectivity index (χ1) is 8.02. The number of hydrogen-bond acceptors (Lipinski definition) is 4. The largest absolute Gasteiger partial charge is 0.350 e. The van der Waals surface area contributed by atoms with Crippen molar-refractivity contribution in [2.24, 2.45) is 11.7 Å². The zero-order valence-electron chi connectivity index (χ0n) is 10.7. The van der Waals surface area contributed by atoms with E-state index in [1.807, 2.05) is 20.0 Å². The second kappa shape index (κ2) is 6.71. The van der Waals surface area contributed by atoms with Gasteiger partial charge in [-0.05, 0) is 12.3 Å². The second-order valence-corrected chi connectivity index (χ2v) is 5.66. The lowest BCUT2D eigenvalue weighted by Gasteiger charge is -2.14. The first kappa shape index (κ1) is 14.1. The van der Waals surface area contributed by atoms with Gasteiger partial charge in [-0.15, -0.1) is 11.3 Å². The Labute approximate surface area is 107 Å². The second-order valence-electron chi connectivity index (χ2n) is 4.46. The molecule has 1 aromatic heterocycles. The number of carbonyl (C=O) groups is 1. The molecule has 0 aromatic carbocycles. The van der Waals surface area contributed by atoms with Crippen LogP contribution in [0.25, 0.3) is 0 Å². The van der Waals surface area contributed by atoms with Crippen LogP contribution < -0.4 is 11.1 Å². The number of nitrogens with one attached hydrogen (secondary N) is 1. The summed E-state index contributed by atoms with van der Waals surface area (Å²) in [7, 11) is 0. The maximum absolute atomic E-state index is 11.6. The molecule has 1 atom stereocenters. The van der Waals surface area contributed by atoms with Gasteiger partial charge in [0.15, 0.2) is 0 Å². The van der Waals surface area contributed by atoms with Gasteiger partial charge in [-0.2, -0.15) is 0 Å². The molecule has 0 bridgehead atoms. The van der Waals surface area contributed by atoms with Crippen molar-refractivity contribution in [2.45, 2.75) is 46.2 Å². The van der Waals surface area contributed by atoms with Crippen LogP contribution in [0.1, 0.15) is 37.1 Å². The Morgan fingerprint density at radius 3 is 2.82 bits per heavy atom. The minimum Gasteiger partial charge on any atom is -0.350 e. The molecule has 5 heteroatoms. The van der Waals surface area contributed by atoms with Gasteiger partial charge in [-0.25, -0.2) is 4.98 Å². The Morgan fingerprint density at radius 2 is 2.29 bits per heavy atom. The highest BCUT2D eigenvalue weighted by Gasteiger charge is 2.12. The molecule has 1 rings (SSSR count). The number of nitrogens with zero attached hydrogens (tertiary/aromatic N) is 1. The van der Waals surface area contributed by atoms with Gasteiger partial charge < -0.3 is 11.1 Å². The van der Waals surface area contributed by atoms with Crippen LogP contribution in [0.15, 0.2) is 6.20 Å². The van der Waals surface area contributed by atoms with Gasteiger partial charge in [-0.3, -0.25) is 4.79 Å². The molecule has 0 saturated carbocycles. The first-order valence-corrected chi connectivity index (χ1v) is 6.80. The van der Waals surface area contributed by atoms with Crippen molar-refractivity contribution in [3.63, 3.8) is 0 Å². The van der Waals surface area contributed by atoms with Crippen molar-refractivity contribution in [1.29, 1.82) is 0 Å². The number of aromatic nitrogens is 1. The van der Waals surface area contributed by atoms with E-state index in [1.165, 1.54) is 4.88 Å². The summed E-state index contributed by atoms with van der Waals surface area (Å²) in [4.78, 5) is 17.1. The number of hydrogen-bond donors (Lipinski definition) is 2. The molecule has 1 aromatic rings. The highest BCUT2D eigenvalue weighted by molar-refractivity contribution is 7.11. The number of carbonyl (C=O) groups excluding carboxylic acids is 1. The average Bonchev–Trinajstić information content (AvgIpc) is 2.74. The molecule has 4 nitrogen and oxygen atoms in total. The number of nitrogens with two attached hydrogens (primary N) is 1. The lowest BCUT2D eigenvalue weighted by Crippen LogP contribution is -2.34. The molecule has 1 amide bonds. The van der Waals surface area contributed by atoms with Gasteiger partial charge in [-0.1, -0.05) is 20.8 Å². The summed E-state index contributed by atoms with van der Waals surface area (Å²) in [5.74, 6) is 0.326. The maximum Gasteiger partial charge on any atom is 0.221 e. The number of aryl methyl sites for hydroxylation is 1. The molecule has 3 N–H and O–H groups in total. The van der Waals surface area contributed by atoms with Crippen molar-refractivity contribution < 1.29 is 4.79 Å². The predicted molar refractivity (Wildman–Crippen MR) is 70.8 cm³/mol. The van der Waals surface area contributed by atoms with Crippen LogP contribution >= 0.6 is 11.3 Å². The van der Waals surface area contributed by atoms with Gasteiger partial charge in [0.25, 0.3) is 0 Å². The first-order valence-electron chi connectivity index (χ1n) is 5.98. The summed E-state index contributed by atoms with van der Waals surface area (Å²) in [5, 5.41) is 3.80. The van der Waals surface area contributed by atoms with Crippen LogP contribution in [-0.2, 0) is 17.8 Å². The minimum absolute atomic E-state index is 0.000511. The molecular formula is C12H21N3OS. The molecule has 1 unspecified atom stereocenters. The maximum atomic E-state index is 11.6. The normalized spacial score (nSPS) is 12.8. The standard InChI is InChI=1S/C12H21N3OS/c1-4-9-6-15-12(17-9)7-14-11(16)5-10(13)8(2)3/h6,8,10H,4-5,7,13H2,1-3H3,(H,14,16). The van der Waals surface area contributed by atoms with Crippen molar-refractivity contribution in [3.05, 3.63) is 16.1 Å². The minimum atomic E-state index is -0.0718. The molecule has 1 heterocycles. The van der Waals surface area contributed by atoms with Gasteiger partial charge in [0.2, 0.25) is 5.91 Å². The fourth-order valence-electron chi connectivity index (χ4n) is 1.29. The molecule has 0 saturated heterocycles. The van der Waals surface area contributed by atoms with E-state index in [2.05, 4.69) is 17.2 Å². The van der Waals surface area contributed by atoms with Crippen molar-refractivity contribution in [1.82, 2.24) is 10.3 Å². The van der Waals surface area contributed by atoms with E-state index in [4.69, 9.17) is 5.73 Å². The van der Waals surface area contributed by atoms with Gasteiger partial charge in [0.05, 0.1) is 6.54 Å². The third-order valence-electron chi connectivity index (χ3n) is 2.66. The number of rotatable bonds is 6. The van der Waals surface area contributed by atoms with Crippen LogP contribution in [0.2, 0.25) is 0 Å². The number of thiazole rings is 1. The third kappa shape index (κ3) is 4.83. The van der Waals surface area contributed by atoms with Crippen LogP contribution in [0, 0.1) is 5.92 Å². The van der Waals surface area contributed by atoms with Crippen molar-refractivity contribution in [2.75, 3.05) is 0 Å². The Morgan fingerprint density at radius 1 is 1.59 bits per heavy atom. The fraction of sp³-hybridized carbons (Fsp3) is 0.667. The van der Waals surface area contributed by atoms with E-state index in [0.717, 1.165) is 11.4 Å². The molecular weight excluding hydrogens is 234 g/mol. The molecule has 0 aliphatic carbocycles. The van der Waals surface area contributed by atoms with Crippen LogP contribution in [0.5, 0.6) is 0 Å². The van der Waals surface area contributed by atoms with E-state index in [9.17, 15) is 4.79 Å². The van der Waals surface area contributed by atoms with Gasteiger partial charge in [0.1, 0.15) is 5.01 Å². The molecule has 0 radical (unpaired) electrons. The lowest BCUT2D eigenvalue weighted by atomic mass is 10.0. The van der Waals surface area contributed by atoms with E-state index in [1.54, 1.807) is 11.3 Å². The summed E-state index contributed by atoms with van der Waals surface area (Å²) >= 11 is 1.64. The third-order valence-corrected chi connectivity index (χ3v) is 3.81. The zero-order chi connectivity index (χ0) is 12.8. The zero-order valence-corrected chi connectivity index (χ0v) is 11.5. The highest BCUT2D eigenvalue weighted by Crippen LogP contribution is 2.13. The number of amides is 1. The SMILES string of the molecule is CCc1cnc(CNC(=O)CC(N)C(C)C)s1. The van der Waals surface area contributed by atoms with Crippen molar-refractivity contribution >= 4 is 17.2 Å². The van der Waals surface area contributed by atoms with E-state index in [-0.39, 0.29) is 11.9 Å². The van der Waals surface area contributed by atoms with Crippen LogP contribution in [0.3, 0.4) is 0 Å². The lowest BCUT2D eigenvalue weighted by molar-refractivity contribution is -0.121. The smallest absolute Gasteiger partial charge is 0.221 e. The Hall–Kier alpha value is -0.940. The van der Waals surface area contributed by atoms with Crippen LogP contribution in [0.4, 0.5) is 0 Å².